The Kier molecular flexibility index (Phi) is 5.56. The summed E-state index contributed by atoms with van der Waals surface area (Å²) in [5.41, 5.74) is 10.0. The molecule has 2 aromatic rings. The van der Waals surface area contributed by atoms with E-state index in [1.165, 1.54) is 4.90 Å². The summed E-state index contributed by atoms with van der Waals surface area (Å²) in [4.78, 5) is 20.1. The van der Waals surface area contributed by atoms with Gasteiger partial charge in [-0.15, -0.1) is 4.99 Å². The number of esters is 1. The Morgan fingerprint density at radius 1 is 1.12 bits per heavy atom. The smallest absolute Gasteiger partial charge is 0.442 e. The number of nitriles is 1. The maximum Gasteiger partial charge on any atom is 0.442 e. The summed E-state index contributed by atoms with van der Waals surface area (Å²) in [6.07, 6.45) is 1.63. The molecule has 0 amide bonds. The number of anilines is 2. The lowest BCUT2D eigenvalue weighted by Crippen LogP contribution is -2.38. The zero-order valence-corrected chi connectivity index (χ0v) is 12.8. The standard InChI is InChI=1S/C17H13N5O2/c1-24-17(23)15(21-19)16(20-12-18)22(13-8-4-2-5-9-13)14-10-6-3-7-11-14/h2-11H,1H3. The molecule has 0 unspecified atom stereocenters. The van der Waals surface area contributed by atoms with Crippen molar-refractivity contribution >= 4 is 28.9 Å². The zero-order valence-electron chi connectivity index (χ0n) is 12.8. The second-order valence-corrected chi connectivity index (χ2v) is 4.48. The van der Waals surface area contributed by atoms with Crippen molar-refractivity contribution in [2.24, 2.45) is 4.99 Å². The van der Waals surface area contributed by atoms with Crippen molar-refractivity contribution in [3.8, 4) is 6.19 Å². The van der Waals surface area contributed by atoms with E-state index in [1.807, 2.05) is 12.1 Å². The maximum atomic E-state index is 11.9. The van der Waals surface area contributed by atoms with Gasteiger partial charge in [-0.05, 0) is 24.3 Å². The molecular weight excluding hydrogens is 306 g/mol. The Bertz CT molecular complexity index is 795. The minimum Gasteiger partial charge on any atom is -0.460 e. The lowest BCUT2D eigenvalue weighted by atomic mass is 10.2. The molecule has 0 atom stereocenters. The number of carbonyl (C=O) groups excluding carboxylic acids is 1. The van der Waals surface area contributed by atoms with Gasteiger partial charge in [-0.3, -0.25) is 4.90 Å². The van der Waals surface area contributed by atoms with Gasteiger partial charge in [0.1, 0.15) is 0 Å². The van der Waals surface area contributed by atoms with Crippen molar-refractivity contribution in [3.63, 3.8) is 0 Å². The van der Waals surface area contributed by atoms with Crippen molar-refractivity contribution in [1.82, 2.24) is 0 Å². The van der Waals surface area contributed by atoms with Gasteiger partial charge in [0.2, 0.25) is 12.0 Å². The normalized spacial score (nSPS) is 10.2. The van der Waals surface area contributed by atoms with Crippen LogP contribution in [-0.2, 0) is 9.53 Å². The molecule has 0 N–H and O–H groups in total. The average Bonchev–Trinajstić information content (AvgIpc) is 2.64. The van der Waals surface area contributed by atoms with Gasteiger partial charge in [-0.25, -0.2) is 4.79 Å². The number of aliphatic imine (C=N–C) groups is 1. The molecule has 0 aromatic heterocycles. The number of benzene rings is 2. The molecule has 0 heterocycles. The van der Waals surface area contributed by atoms with Crippen LogP contribution >= 0.6 is 0 Å². The van der Waals surface area contributed by atoms with Crippen LogP contribution in [-0.4, -0.2) is 29.4 Å². The summed E-state index contributed by atoms with van der Waals surface area (Å²) in [7, 11) is 1.15. The molecular formula is C17H13N5O2. The van der Waals surface area contributed by atoms with Gasteiger partial charge in [-0.1, -0.05) is 36.4 Å². The number of nitrogens with zero attached hydrogens (tertiary/aromatic N) is 5. The van der Waals surface area contributed by atoms with Crippen LogP contribution < -0.4 is 4.90 Å². The number of para-hydroxylation sites is 2. The molecule has 2 rings (SSSR count). The third kappa shape index (κ3) is 3.53. The lowest BCUT2D eigenvalue weighted by molar-refractivity contribution is -0.136. The molecule has 0 radical (unpaired) electrons. The molecule has 0 bridgehead atoms. The summed E-state index contributed by atoms with van der Waals surface area (Å²) < 4.78 is 4.61. The van der Waals surface area contributed by atoms with Gasteiger partial charge in [-0.2, -0.15) is 10.1 Å². The highest BCUT2D eigenvalue weighted by Gasteiger charge is 2.34. The lowest BCUT2D eigenvalue weighted by Gasteiger charge is -2.23. The van der Waals surface area contributed by atoms with E-state index >= 15 is 0 Å². The van der Waals surface area contributed by atoms with Crippen LogP contribution in [0.2, 0.25) is 0 Å². The topological polar surface area (TPSA) is 102 Å². The fourth-order valence-corrected chi connectivity index (χ4v) is 2.08. The van der Waals surface area contributed by atoms with E-state index < -0.39 is 11.7 Å². The third-order valence-electron chi connectivity index (χ3n) is 3.09. The number of amidine groups is 1. The van der Waals surface area contributed by atoms with Gasteiger partial charge in [0, 0.05) is 11.4 Å². The first-order valence-corrected chi connectivity index (χ1v) is 6.90. The number of carbonyl (C=O) groups is 1. The first-order chi connectivity index (χ1) is 11.7. The molecule has 0 saturated heterocycles. The van der Waals surface area contributed by atoms with Crippen molar-refractivity contribution in [1.29, 1.82) is 5.26 Å². The minimum absolute atomic E-state index is 0.149. The highest BCUT2D eigenvalue weighted by molar-refractivity contribution is 6.66. The Morgan fingerprint density at radius 3 is 2.00 bits per heavy atom. The monoisotopic (exact) mass is 319 g/mol. The van der Waals surface area contributed by atoms with Gasteiger partial charge in [0.15, 0.2) is 0 Å². The summed E-state index contributed by atoms with van der Waals surface area (Å²) >= 11 is 0. The molecule has 0 spiro atoms. The zero-order chi connectivity index (χ0) is 17.4. The van der Waals surface area contributed by atoms with Crippen LogP contribution in [0.15, 0.2) is 65.7 Å². The van der Waals surface area contributed by atoms with Gasteiger partial charge >= 0.3 is 11.7 Å². The summed E-state index contributed by atoms with van der Waals surface area (Å²) in [6.45, 7) is 0. The molecule has 24 heavy (non-hydrogen) atoms. The van der Waals surface area contributed by atoms with Crippen molar-refractivity contribution in [2.75, 3.05) is 12.0 Å². The molecule has 118 valence electrons. The number of hydrogen-bond donors (Lipinski definition) is 0. The third-order valence-corrected chi connectivity index (χ3v) is 3.09. The molecule has 0 aliphatic rings. The minimum atomic E-state index is -0.914. The van der Waals surface area contributed by atoms with Gasteiger partial charge in [0.05, 0.1) is 7.11 Å². The Labute approximate surface area is 138 Å². The van der Waals surface area contributed by atoms with Gasteiger partial charge < -0.3 is 10.3 Å². The molecule has 7 nitrogen and oxygen atoms in total. The van der Waals surface area contributed by atoms with E-state index in [0.29, 0.717) is 11.4 Å². The van der Waals surface area contributed by atoms with E-state index in [4.69, 9.17) is 5.26 Å². The Balaban J connectivity index is 2.69. The van der Waals surface area contributed by atoms with Crippen molar-refractivity contribution in [3.05, 3.63) is 66.2 Å². The highest BCUT2D eigenvalue weighted by Crippen LogP contribution is 2.26. The van der Waals surface area contributed by atoms with E-state index in [9.17, 15) is 10.3 Å². The van der Waals surface area contributed by atoms with Crippen LogP contribution in [0, 0.1) is 11.5 Å². The highest BCUT2D eigenvalue weighted by atomic mass is 16.5. The number of hydrogen-bond acceptors (Lipinski definition) is 4. The Hall–Kier alpha value is -3.75. The second-order valence-electron chi connectivity index (χ2n) is 4.48. The molecule has 2 aromatic carbocycles. The van der Waals surface area contributed by atoms with Gasteiger partial charge in [0.25, 0.3) is 0 Å². The quantitative estimate of drug-likeness (QED) is 0.216. The van der Waals surface area contributed by atoms with E-state index in [0.717, 1.165) is 7.11 Å². The van der Waals surface area contributed by atoms with Crippen LogP contribution in [0.3, 0.4) is 0 Å². The SMILES string of the molecule is COC(=O)C(=[N+]=[N-])C(=NC#N)N(c1ccccc1)c1ccccc1. The first kappa shape index (κ1) is 16.6. The van der Waals surface area contributed by atoms with Crippen LogP contribution in [0.25, 0.3) is 5.53 Å². The number of ether oxygens (including phenoxy) is 1. The van der Waals surface area contributed by atoms with E-state index in [1.54, 1.807) is 54.7 Å². The fourth-order valence-electron chi connectivity index (χ4n) is 2.08. The van der Waals surface area contributed by atoms with Crippen LogP contribution in [0.4, 0.5) is 11.4 Å². The number of rotatable bonds is 4. The summed E-state index contributed by atoms with van der Waals surface area (Å²) in [6, 6.07) is 17.9. The predicted molar refractivity (Wildman–Crippen MR) is 88.7 cm³/mol. The molecule has 0 saturated carbocycles. The number of methoxy groups -OCH3 is 1. The first-order valence-electron chi connectivity index (χ1n) is 6.90. The Morgan fingerprint density at radius 2 is 1.62 bits per heavy atom. The molecule has 7 heteroatoms. The van der Waals surface area contributed by atoms with E-state index in [2.05, 4.69) is 14.5 Å². The van der Waals surface area contributed by atoms with Crippen molar-refractivity contribution in [2.45, 2.75) is 0 Å². The second kappa shape index (κ2) is 8.03. The summed E-state index contributed by atoms with van der Waals surface area (Å²) in [5, 5.41) is 9.03. The average molecular weight is 319 g/mol. The summed E-state index contributed by atoms with van der Waals surface area (Å²) in [5.74, 6) is -1.06. The fraction of sp³-hybridized carbons (Fsp3) is 0.0588. The van der Waals surface area contributed by atoms with Crippen LogP contribution in [0.1, 0.15) is 0 Å². The van der Waals surface area contributed by atoms with Crippen LogP contribution in [0.5, 0.6) is 0 Å². The van der Waals surface area contributed by atoms with Crippen molar-refractivity contribution < 1.29 is 14.3 Å². The largest absolute Gasteiger partial charge is 0.460 e. The van der Waals surface area contributed by atoms with E-state index in [-0.39, 0.29) is 5.84 Å². The molecule has 0 fully saturated rings. The maximum absolute atomic E-state index is 11.9. The molecule has 0 aliphatic heterocycles. The predicted octanol–water partition coefficient (Wildman–Crippen LogP) is 2.55. The molecule has 0 aliphatic carbocycles.